The maximum absolute atomic E-state index is 12.4. The van der Waals surface area contributed by atoms with Gasteiger partial charge in [0.1, 0.15) is 0 Å². The van der Waals surface area contributed by atoms with Gasteiger partial charge in [-0.15, -0.1) is 0 Å². The highest BCUT2D eigenvalue weighted by molar-refractivity contribution is 6.04. The first kappa shape index (κ1) is 19.3. The van der Waals surface area contributed by atoms with Crippen LogP contribution in [0.25, 0.3) is 0 Å². The molecule has 0 atom stereocenters. The molecule has 1 aliphatic carbocycles. The molecule has 0 bridgehead atoms. The molecule has 6 nitrogen and oxygen atoms in total. The molecule has 0 spiro atoms. The predicted octanol–water partition coefficient (Wildman–Crippen LogP) is 4.13. The molecule has 4 rings (SSSR count). The number of anilines is 1. The van der Waals surface area contributed by atoms with Crippen LogP contribution < -0.4 is 15.2 Å². The zero-order valence-electron chi connectivity index (χ0n) is 16.8. The van der Waals surface area contributed by atoms with Crippen molar-refractivity contribution in [2.45, 2.75) is 51.2 Å². The quantitative estimate of drug-likeness (QED) is 0.749. The lowest BCUT2D eigenvalue weighted by Gasteiger charge is -2.24. The first-order valence-corrected chi connectivity index (χ1v) is 10.2. The maximum Gasteiger partial charge on any atom is 0.243 e. The van der Waals surface area contributed by atoms with Gasteiger partial charge in [0.2, 0.25) is 5.91 Å². The molecule has 6 heteroatoms. The summed E-state index contributed by atoms with van der Waals surface area (Å²) in [7, 11) is 1.65. The molecular formula is C23H27N3O3. The Balaban J connectivity index is 1.57. The molecule has 152 valence electrons. The molecule has 29 heavy (non-hydrogen) atoms. The van der Waals surface area contributed by atoms with E-state index in [0.717, 1.165) is 41.2 Å². The average molecular weight is 393 g/mol. The third-order valence-corrected chi connectivity index (χ3v) is 5.51. The number of nitrogens with zero attached hydrogens (tertiary/aromatic N) is 2. The molecule has 2 N–H and O–H groups in total. The minimum atomic E-state index is 0.0292. The van der Waals surface area contributed by atoms with Crippen LogP contribution in [0.15, 0.2) is 47.6 Å². The van der Waals surface area contributed by atoms with Crippen LogP contribution in [0.2, 0.25) is 0 Å². The third kappa shape index (κ3) is 4.53. The summed E-state index contributed by atoms with van der Waals surface area (Å²) in [5.41, 5.74) is 9.31. The molecule has 2 aromatic carbocycles. The SMILES string of the molecule is COc1ccc(C2=NN(Cc3ccc(N)cc3)C(=O)CC2)cc1OC1CCCC1. The van der Waals surface area contributed by atoms with Gasteiger partial charge in [-0.25, -0.2) is 5.01 Å². The number of nitrogen functional groups attached to an aromatic ring is 1. The van der Waals surface area contributed by atoms with E-state index in [9.17, 15) is 4.79 Å². The Bertz CT molecular complexity index is 902. The normalized spacial score (nSPS) is 17.3. The second kappa shape index (κ2) is 8.55. The van der Waals surface area contributed by atoms with Crippen molar-refractivity contribution >= 4 is 17.3 Å². The van der Waals surface area contributed by atoms with E-state index in [-0.39, 0.29) is 12.0 Å². The second-order valence-corrected chi connectivity index (χ2v) is 7.63. The van der Waals surface area contributed by atoms with Gasteiger partial charge in [-0.1, -0.05) is 12.1 Å². The number of hydrogen-bond acceptors (Lipinski definition) is 5. The third-order valence-electron chi connectivity index (χ3n) is 5.51. The minimum Gasteiger partial charge on any atom is -0.493 e. The molecule has 2 aliphatic rings. The fourth-order valence-electron chi connectivity index (χ4n) is 3.86. The largest absolute Gasteiger partial charge is 0.493 e. The monoisotopic (exact) mass is 393 g/mol. The van der Waals surface area contributed by atoms with Crippen molar-refractivity contribution in [1.82, 2.24) is 5.01 Å². The van der Waals surface area contributed by atoms with Gasteiger partial charge in [0.15, 0.2) is 11.5 Å². The van der Waals surface area contributed by atoms with Gasteiger partial charge in [0, 0.05) is 24.1 Å². The van der Waals surface area contributed by atoms with Crippen LogP contribution in [0.5, 0.6) is 11.5 Å². The van der Waals surface area contributed by atoms with Gasteiger partial charge in [-0.3, -0.25) is 4.79 Å². The van der Waals surface area contributed by atoms with E-state index in [1.165, 1.54) is 12.8 Å². The zero-order valence-corrected chi connectivity index (χ0v) is 16.8. The van der Waals surface area contributed by atoms with Crippen molar-refractivity contribution in [1.29, 1.82) is 0 Å². The zero-order chi connectivity index (χ0) is 20.2. The number of hydrazone groups is 1. The minimum absolute atomic E-state index is 0.0292. The fourth-order valence-corrected chi connectivity index (χ4v) is 3.86. The molecule has 0 saturated heterocycles. The van der Waals surface area contributed by atoms with Gasteiger partial charge in [-0.05, 0) is 61.6 Å². The van der Waals surface area contributed by atoms with E-state index in [4.69, 9.17) is 15.2 Å². The van der Waals surface area contributed by atoms with E-state index in [1.807, 2.05) is 42.5 Å². The number of rotatable bonds is 6. The molecule has 0 unspecified atom stereocenters. The Morgan fingerprint density at radius 2 is 1.83 bits per heavy atom. The number of nitrogens with two attached hydrogens (primary N) is 1. The number of ether oxygens (including phenoxy) is 2. The maximum atomic E-state index is 12.4. The van der Waals surface area contributed by atoms with E-state index in [0.29, 0.717) is 25.1 Å². The van der Waals surface area contributed by atoms with Crippen LogP contribution in [0.3, 0.4) is 0 Å². The van der Waals surface area contributed by atoms with Gasteiger partial charge in [-0.2, -0.15) is 5.10 Å². The lowest BCUT2D eigenvalue weighted by Crippen LogP contribution is -2.31. The first-order chi connectivity index (χ1) is 14.1. The smallest absolute Gasteiger partial charge is 0.243 e. The molecule has 2 aromatic rings. The van der Waals surface area contributed by atoms with Crippen LogP contribution in [0.4, 0.5) is 5.69 Å². The van der Waals surface area contributed by atoms with Crippen molar-refractivity contribution < 1.29 is 14.3 Å². The first-order valence-electron chi connectivity index (χ1n) is 10.2. The van der Waals surface area contributed by atoms with Crippen LogP contribution in [-0.4, -0.2) is 29.8 Å². The number of carbonyl (C=O) groups is 1. The summed E-state index contributed by atoms with van der Waals surface area (Å²) in [5.74, 6) is 1.51. The van der Waals surface area contributed by atoms with Gasteiger partial charge < -0.3 is 15.2 Å². The molecule has 1 saturated carbocycles. The van der Waals surface area contributed by atoms with Crippen LogP contribution >= 0.6 is 0 Å². The Kier molecular flexibility index (Phi) is 5.69. The summed E-state index contributed by atoms with van der Waals surface area (Å²) < 4.78 is 11.7. The summed E-state index contributed by atoms with van der Waals surface area (Å²) in [4.78, 5) is 12.4. The summed E-state index contributed by atoms with van der Waals surface area (Å²) >= 11 is 0. The Morgan fingerprint density at radius 3 is 2.55 bits per heavy atom. The Morgan fingerprint density at radius 1 is 1.07 bits per heavy atom. The highest BCUT2D eigenvalue weighted by atomic mass is 16.5. The number of carbonyl (C=O) groups excluding carboxylic acids is 1. The Hall–Kier alpha value is -3.02. The van der Waals surface area contributed by atoms with E-state index >= 15 is 0 Å². The summed E-state index contributed by atoms with van der Waals surface area (Å²) in [5, 5.41) is 6.20. The van der Waals surface area contributed by atoms with E-state index < -0.39 is 0 Å². The fraction of sp³-hybridized carbons (Fsp3) is 0.391. The standard InChI is InChI=1S/C23H27N3O3/c1-28-21-12-8-17(14-22(21)29-19-4-2-3-5-19)20-11-13-23(27)26(25-20)15-16-6-9-18(24)10-7-16/h6-10,12,14,19H,2-5,11,13,15,24H2,1H3. The molecule has 1 aliphatic heterocycles. The number of benzene rings is 2. The average Bonchev–Trinajstić information content (AvgIpc) is 3.24. The van der Waals surface area contributed by atoms with Crippen molar-refractivity contribution in [3.8, 4) is 11.5 Å². The molecule has 1 heterocycles. The number of methoxy groups -OCH3 is 1. The molecule has 0 radical (unpaired) electrons. The second-order valence-electron chi connectivity index (χ2n) is 7.63. The van der Waals surface area contributed by atoms with Crippen molar-refractivity contribution in [3.05, 3.63) is 53.6 Å². The van der Waals surface area contributed by atoms with Crippen molar-refractivity contribution in [3.63, 3.8) is 0 Å². The van der Waals surface area contributed by atoms with E-state index in [2.05, 4.69) is 5.10 Å². The summed E-state index contributed by atoms with van der Waals surface area (Å²) in [6.07, 6.45) is 5.89. The van der Waals surface area contributed by atoms with Crippen molar-refractivity contribution in [2.75, 3.05) is 12.8 Å². The number of hydrogen-bond donors (Lipinski definition) is 1. The number of amides is 1. The lowest BCUT2D eigenvalue weighted by molar-refractivity contribution is -0.132. The topological polar surface area (TPSA) is 77.1 Å². The van der Waals surface area contributed by atoms with E-state index in [1.54, 1.807) is 12.1 Å². The Labute approximate surface area is 171 Å². The highest BCUT2D eigenvalue weighted by Crippen LogP contribution is 2.33. The van der Waals surface area contributed by atoms with Gasteiger partial charge >= 0.3 is 0 Å². The van der Waals surface area contributed by atoms with Crippen molar-refractivity contribution in [2.24, 2.45) is 5.10 Å². The molecule has 0 aromatic heterocycles. The lowest BCUT2D eigenvalue weighted by atomic mass is 10.0. The highest BCUT2D eigenvalue weighted by Gasteiger charge is 2.23. The van der Waals surface area contributed by atoms with Gasteiger partial charge in [0.25, 0.3) is 0 Å². The summed E-state index contributed by atoms with van der Waals surface area (Å²) in [6.45, 7) is 0.435. The van der Waals surface area contributed by atoms with Crippen LogP contribution in [-0.2, 0) is 11.3 Å². The molecule has 1 amide bonds. The summed E-state index contributed by atoms with van der Waals surface area (Å²) in [6, 6.07) is 13.4. The molecule has 1 fully saturated rings. The predicted molar refractivity (Wildman–Crippen MR) is 113 cm³/mol. The molecular weight excluding hydrogens is 366 g/mol. The van der Waals surface area contributed by atoms with Gasteiger partial charge in [0.05, 0.1) is 25.5 Å². The van der Waals surface area contributed by atoms with Crippen LogP contribution in [0, 0.1) is 0 Å². The van der Waals surface area contributed by atoms with Crippen LogP contribution in [0.1, 0.15) is 49.7 Å².